The summed E-state index contributed by atoms with van der Waals surface area (Å²) in [5.74, 6) is 1.95. The van der Waals surface area contributed by atoms with Gasteiger partial charge in [-0.15, -0.1) is 34.2 Å². The molecule has 0 amide bonds. The molecule has 0 atom stereocenters. The number of rotatable bonds is 11. The summed E-state index contributed by atoms with van der Waals surface area (Å²) >= 11 is 0. The molecule has 1 aromatic rings. The van der Waals surface area contributed by atoms with Crippen molar-refractivity contribution in [3.8, 4) is 0 Å². The summed E-state index contributed by atoms with van der Waals surface area (Å²) < 4.78 is 2.09. The summed E-state index contributed by atoms with van der Waals surface area (Å²) in [4.78, 5) is 4.58. The first-order valence-electron chi connectivity index (χ1n) is 8.70. The molecule has 1 aromatic heterocycles. The topological polar surface area (TPSA) is 67.1 Å². The predicted molar refractivity (Wildman–Crippen MR) is 108 cm³/mol. The minimum atomic E-state index is 0. The van der Waals surface area contributed by atoms with Crippen LogP contribution in [0.5, 0.6) is 0 Å². The van der Waals surface area contributed by atoms with E-state index in [9.17, 15) is 0 Å². The van der Waals surface area contributed by atoms with Gasteiger partial charge < -0.3 is 15.2 Å². The van der Waals surface area contributed by atoms with E-state index in [2.05, 4.69) is 51.2 Å². The van der Waals surface area contributed by atoms with Crippen LogP contribution in [0.25, 0.3) is 0 Å². The van der Waals surface area contributed by atoms with Crippen LogP contribution in [0.15, 0.2) is 11.3 Å². The van der Waals surface area contributed by atoms with Gasteiger partial charge in [-0.05, 0) is 12.8 Å². The van der Waals surface area contributed by atoms with E-state index >= 15 is 0 Å². The molecular weight excluding hydrogens is 403 g/mol. The molecule has 0 saturated heterocycles. The lowest BCUT2D eigenvalue weighted by molar-refractivity contribution is 0.619. The first-order valence-corrected chi connectivity index (χ1v) is 8.70. The highest BCUT2D eigenvalue weighted by Gasteiger charge is 2.02. The Morgan fingerprint density at radius 1 is 1.09 bits per heavy atom. The smallest absolute Gasteiger partial charge is 0.191 e. The van der Waals surface area contributed by atoms with Crippen molar-refractivity contribution in [1.29, 1.82) is 0 Å². The molecule has 134 valence electrons. The maximum absolute atomic E-state index is 4.58. The Labute approximate surface area is 158 Å². The van der Waals surface area contributed by atoms with Crippen molar-refractivity contribution in [2.24, 2.45) is 4.99 Å². The maximum atomic E-state index is 4.58. The Bertz CT molecular complexity index is 418. The van der Waals surface area contributed by atoms with Crippen LogP contribution in [0.4, 0.5) is 0 Å². The largest absolute Gasteiger partial charge is 0.356 e. The van der Waals surface area contributed by atoms with Crippen LogP contribution in [-0.2, 0) is 13.0 Å². The third-order valence-electron chi connectivity index (χ3n) is 3.47. The first kappa shape index (κ1) is 22.1. The molecule has 23 heavy (non-hydrogen) atoms. The van der Waals surface area contributed by atoms with Crippen LogP contribution in [0.2, 0.25) is 0 Å². The first-order chi connectivity index (χ1) is 10.8. The molecule has 0 spiro atoms. The molecule has 6 nitrogen and oxygen atoms in total. The van der Waals surface area contributed by atoms with Crippen molar-refractivity contribution < 1.29 is 0 Å². The lowest BCUT2D eigenvalue weighted by Gasteiger charge is -2.13. The van der Waals surface area contributed by atoms with Crippen LogP contribution in [-0.4, -0.2) is 40.4 Å². The zero-order valence-electron chi connectivity index (χ0n) is 14.8. The number of unbranched alkanes of at least 4 members (excludes halogenated alkanes) is 3. The van der Waals surface area contributed by atoms with E-state index in [4.69, 9.17) is 0 Å². The molecule has 0 unspecified atom stereocenters. The number of halogens is 1. The molecule has 0 aliphatic carbocycles. The fourth-order valence-corrected chi connectivity index (χ4v) is 2.19. The molecule has 1 rings (SSSR count). The van der Waals surface area contributed by atoms with E-state index in [-0.39, 0.29) is 24.0 Å². The number of hydrogen-bond acceptors (Lipinski definition) is 3. The lowest BCUT2D eigenvalue weighted by atomic mass is 10.2. The number of nitrogens with one attached hydrogen (secondary N) is 2. The molecule has 7 heteroatoms. The summed E-state index contributed by atoms with van der Waals surface area (Å²) in [6, 6.07) is 0. The minimum Gasteiger partial charge on any atom is -0.356 e. The van der Waals surface area contributed by atoms with Crippen LogP contribution >= 0.6 is 24.0 Å². The summed E-state index contributed by atoms with van der Waals surface area (Å²) in [7, 11) is 0. The molecule has 2 N–H and O–H groups in total. The van der Waals surface area contributed by atoms with E-state index in [0.717, 1.165) is 50.8 Å². The number of aliphatic imine (C=N–C) groups is 1. The average molecular weight is 436 g/mol. The second-order valence-electron chi connectivity index (χ2n) is 5.44. The van der Waals surface area contributed by atoms with Crippen molar-refractivity contribution in [2.75, 3.05) is 19.6 Å². The van der Waals surface area contributed by atoms with Gasteiger partial charge in [-0.25, -0.2) is 0 Å². The van der Waals surface area contributed by atoms with Gasteiger partial charge >= 0.3 is 0 Å². The van der Waals surface area contributed by atoms with Crippen LogP contribution < -0.4 is 10.6 Å². The number of guanidine groups is 1. The zero-order chi connectivity index (χ0) is 16.0. The number of hydrogen-bond donors (Lipinski definition) is 2. The maximum Gasteiger partial charge on any atom is 0.191 e. The van der Waals surface area contributed by atoms with E-state index in [0.29, 0.717) is 0 Å². The van der Waals surface area contributed by atoms with Crippen molar-refractivity contribution >= 4 is 29.9 Å². The van der Waals surface area contributed by atoms with Gasteiger partial charge in [0.1, 0.15) is 12.2 Å². The summed E-state index contributed by atoms with van der Waals surface area (Å²) in [6.45, 7) is 10.0. The van der Waals surface area contributed by atoms with Gasteiger partial charge in [0.2, 0.25) is 0 Å². The minimum absolute atomic E-state index is 0. The van der Waals surface area contributed by atoms with E-state index in [1.807, 2.05) is 0 Å². The monoisotopic (exact) mass is 436 g/mol. The number of aromatic nitrogens is 3. The quantitative estimate of drug-likeness (QED) is 0.242. The van der Waals surface area contributed by atoms with Crippen LogP contribution in [0.3, 0.4) is 0 Å². The molecule has 1 heterocycles. The van der Waals surface area contributed by atoms with Crippen molar-refractivity contribution in [1.82, 2.24) is 25.4 Å². The van der Waals surface area contributed by atoms with Crippen molar-refractivity contribution in [3.05, 3.63) is 12.2 Å². The van der Waals surface area contributed by atoms with Gasteiger partial charge in [0.25, 0.3) is 0 Å². The second-order valence-corrected chi connectivity index (χ2v) is 5.44. The molecule has 0 aromatic carbocycles. The Kier molecular flexibility index (Phi) is 14.2. The Morgan fingerprint density at radius 3 is 2.57 bits per heavy atom. The molecular formula is C16H33IN6. The highest BCUT2D eigenvalue weighted by atomic mass is 127. The fourth-order valence-electron chi connectivity index (χ4n) is 2.19. The SMILES string of the molecule is CCCCCCNC(=NCCC)NCCn1cnnc1CC.I. The predicted octanol–water partition coefficient (Wildman–Crippen LogP) is 2.98. The third-order valence-corrected chi connectivity index (χ3v) is 3.47. The van der Waals surface area contributed by atoms with Gasteiger partial charge in [-0.3, -0.25) is 4.99 Å². The number of nitrogens with zero attached hydrogens (tertiary/aromatic N) is 4. The zero-order valence-corrected chi connectivity index (χ0v) is 17.2. The van der Waals surface area contributed by atoms with Crippen LogP contribution in [0, 0.1) is 0 Å². The second kappa shape index (κ2) is 14.7. The molecule has 0 aliphatic heterocycles. The molecule has 0 fully saturated rings. The van der Waals surface area contributed by atoms with Crippen molar-refractivity contribution in [2.45, 2.75) is 65.8 Å². The highest BCUT2D eigenvalue weighted by molar-refractivity contribution is 14.0. The van der Waals surface area contributed by atoms with Crippen molar-refractivity contribution in [3.63, 3.8) is 0 Å². The fraction of sp³-hybridized carbons (Fsp3) is 0.812. The third kappa shape index (κ3) is 9.78. The standard InChI is InChI=1S/C16H32N6.HI/c1-4-7-8-9-11-18-16(17-10-5-2)19-12-13-22-14-20-21-15(22)6-3;/h14H,4-13H2,1-3H3,(H2,17,18,19);1H. The summed E-state index contributed by atoms with van der Waals surface area (Å²) in [6.07, 6.45) is 8.83. The molecule has 0 bridgehead atoms. The molecule has 0 aliphatic rings. The molecule has 0 saturated carbocycles. The lowest BCUT2D eigenvalue weighted by Crippen LogP contribution is -2.39. The van der Waals surface area contributed by atoms with Gasteiger partial charge in [-0.2, -0.15) is 0 Å². The highest BCUT2D eigenvalue weighted by Crippen LogP contribution is 1.97. The van der Waals surface area contributed by atoms with E-state index in [1.165, 1.54) is 25.7 Å². The molecule has 0 radical (unpaired) electrons. The average Bonchev–Trinajstić information content (AvgIpc) is 2.99. The number of aryl methyl sites for hydroxylation is 1. The van der Waals surface area contributed by atoms with Gasteiger partial charge in [0.15, 0.2) is 5.96 Å². The summed E-state index contributed by atoms with van der Waals surface area (Å²) in [5, 5.41) is 14.9. The van der Waals surface area contributed by atoms with E-state index < -0.39 is 0 Å². The summed E-state index contributed by atoms with van der Waals surface area (Å²) in [5.41, 5.74) is 0. The van der Waals surface area contributed by atoms with Gasteiger partial charge in [-0.1, -0.05) is 40.0 Å². The normalized spacial score (nSPS) is 11.2. The van der Waals surface area contributed by atoms with Gasteiger partial charge in [0, 0.05) is 32.6 Å². The van der Waals surface area contributed by atoms with Gasteiger partial charge in [0.05, 0.1) is 0 Å². The van der Waals surface area contributed by atoms with Crippen LogP contribution in [0.1, 0.15) is 58.7 Å². The Morgan fingerprint density at radius 2 is 1.87 bits per heavy atom. The van der Waals surface area contributed by atoms with E-state index in [1.54, 1.807) is 6.33 Å². The Balaban J connectivity index is 0.00000484. The Hall–Kier alpha value is -0.860.